The zero-order valence-corrected chi connectivity index (χ0v) is 15.9. The zero-order chi connectivity index (χ0) is 18.1. The molecule has 2 heteroatoms. The van der Waals surface area contributed by atoms with E-state index in [1.54, 1.807) is 0 Å². The molecular weight excluding hydrogens is 306 g/mol. The van der Waals surface area contributed by atoms with Crippen molar-refractivity contribution in [2.24, 2.45) is 0 Å². The van der Waals surface area contributed by atoms with Gasteiger partial charge in [0.25, 0.3) is 0 Å². The van der Waals surface area contributed by atoms with Crippen LogP contribution >= 0.6 is 0 Å². The Morgan fingerprint density at radius 3 is 2.32 bits per heavy atom. The Balaban J connectivity index is 2.28. The molecule has 2 nitrogen and oxygen atoms in total. The minimum atomic E-state index is 0.233. The predicted octanol–water partition coefficient (Wildman–Crippen LogP) is 6.46. The number of hydrogen-bond donors (Lipinski definition) is 0. The lowest BCUT2D eigenvalue weighted by molar-refractivity contribution is -0.119. The third kappa shape index (κ3) is 5.45. The molecule has 0 aliphatic heterocycles. The highest BCUT2D eigenvalue weighted by Gasteiger charge is 2.21. The van der Waals surface area contributed by atoms with Crippen molar-refractivity contribution in [3.05, 3.63) is 54.6 Å². The standard InChI is InChI=1S/C23H31NO/c1-4-6-8-13-19(3)24(23(25)12-5-2)22-17-11-16-21(18-22)20-14-9-7-10-15-20/h7,9-11,14-19H,4-6,8,12-13H2,1-3H3. The lowest BCUT2D eigenvalue weighted by Crippen LogP contribution is -2.38. The van der Waals surface area contributed by atoms with Gasteiger partial charge in [0.2, 0.25) is 5.91 Å². The fraction of sp³-hybridized carbons (Fsp3) is 0.435. The molecule has 0 saturated heterocycles. The van der Waals surface area contributed by atoms with E-state index < -0.39 is 0 Å². The third-order valence-corrected chi connectivity index (χ3v) is 4.63. The second-order valence-electron chi connectivity index (χ2n) is 6.77. The number of anilines is 1. The quantitative estimate of drug-likeness (QED) is 0.481. The van der Waals surface area contributed by atoms with Crippen molar-refractivity contribution in [3.63, 3.8) is 0 Å². The van der Waals surface area contributed by atoms with Gasteiger partial charge in [-0.3, -0.25) is 4.79 Å². The van der Waals surface area contributed by atoms with Gasteiger partial charge in [0.05, 0.1) is 0 Å². The topological polar surface area (TPSA) is 20.3 Å². The van der Waals surface area contributed by atoms with Crippen LogP contribution < -0.4 is 4.90 Å². The van der Waals surface area contributed by atoms with Gasteiger partial charge >= 0.3 is 0 Å². The first-order chi connectivity index (χ1) is 12.2. The maximum absolute atomic E-state index is 12.8. The van der Waals surface area contributed by atoms with Crippen molar-refractivity contribution in [1.82, 2.24) is 0 Å². The molecule has 0 radical (unpaired) electrons. The summed E-state index contributed by atoms with van der Waals surface area (Å²) in [6.45, 7) is 6.46. The van der Waals surface area contributed by atoms with Gasteiger partial charge < -0.3 is 4.90 Å². The maximum atomic E-state index is 12.8. The molecule has 1 atom stereocenters. The molecule has 2 aromatic carbocycles. The summed E-state index contributed by atoms with van der Waals surface area (Å²) in [5, 5.41) is 0. The van der Waals surface area contributed by atoms with E-state index >= 15 is 0 Å². The van der Waals surface area contributed by atoms with E-state index in [4.69, 9.17) is 0 Å². The molecule has 134 valence electrons. The van der Waals surface area contributed by atoms with Crippen LogP contribution in [-0.2, 0) is 4.79 Å². The lowest BCUT2D eigenvalue weighted by Gasteiger charge is -2.30. The Bertz CT molecular complexity index is 650. The number of unbranched alkanes of at least 4 members (excludes halogenated alkanes) is 2. The van der Waals surface area contributed by atoms with Crippen molar-refractivity contribution in [2.75, 3.05) is 4.90 Å². The molecule has 1 unspecified atom stereocenters. The van der Waals surface area contributed by atoms with E-state index in [2.05, 4.69) is 69.3 Å². The number of nitrogens with zero attached hydrogens (tertiary/aromatic N) is 1. The van der Waals surface area contributed by atoms with Crippen LogP contribution in [0, 0.1) is 0 Å². The Kier molecular flexibility index (Phi) is 7.72. The van der Waals surface area contributed by atoms with Crippen LogP contribution in [-0.4, -0.2) is 11.9 Å². The Hall–Kier alpha value is -2.09. The molecule has 0 aromatic heterocycles. The van der Waals surface area contributed by atoms with E-state index in [0.717, 1.165) is 24.1 Å². The van der Waals surface area contributed by atoms with Crippen LogP contribution in [0.3, 0.4) is 0 Å². The summed E-state index contributed by atoms with van der Waals surface area (Å²) in [5.74, 6) is 0.233. The van der Waals surface area contributed by atoms with Crippen molar-refractivity contribution in [1.29, 1.82) is 0 Å². The van der Waals surface area contributed by atoms with Crippen molar-refractivity contribution in [3.8, 4) is 11.1 Å². The molecule has 1 amide bonds. The zero-order valence-electron chi connectivity index (χ0n) is 15.9. The van der Waals surface area contributed by atoms with Crippen LogP contribution in [0.25, 0.3) is 11.1 Å². The van der Waals surface area contributed by atoms with Gasteiger partial charge in [-0.25, -0.2) is 0 Å². The van der Waals surface area contributed by atoms with Crippen LogP contribution in [0.5, 0.6) is 0 Å². The summed E-state index contributed by atoms with van der Waals surface area (Å²) in [7, 11) is 0. The van der Waals surface area contributed by atoms with Gasteiger partial charge in [-0.05, 0) is 43.0 Å². The molecular formula is C23H31NO. The van der Waals surface area contributed by atoms with Crippen molar-refractivity contribution < 1.29 is 4.79 Å². The average molecular weight is 338 g/mol. The molecule has 0 fully saturated rings. The number of carbonyl (C=O) groups is 1. The SMILES string of the molecule is CCCCCC(C)N(C(=O)CCC)c1cccc(-c2ccccc2)c1. The van der Waals surface area contributed by atoms with Crippen LogP contribution in [0.2, 0.25) is 0 Å². The van der Waals surface area contributed by atoms with Gasteiger partial charge in [-0.1, -0.05) is 75.6 Å². The van der Waals surface area contributed by atoms with Gasteiger partial charge in [0, 0.05) is 18.2 Å². The second kappa shape index (κ2) is 10.0. The molecule has 0 heterocycles. The van der Waals surface area contributed by atoms with Gasteiger partial charge in [-0.2, -0.15) is 0 Å². The van der Waals surface area contributed by atoms with Crippen molar-refractivity contribution >= 4 is 11.6 Å². The molecule has 2 aromatic rings. The first-order valence-electron chi connectivity index (χ1n) is 9.64. The Morgan fingerprint density at radius 2 is 1.64 bits per heavy atom. The molecule has 0 spiro atoms. The minimum Gasteiger partial charge on any atom is -0.310 e. The highest BCUT2D eigenvalue weighted by Crippen LogP contribution is 2.27. The van der Waals surface area contributed by atoms with E-state index in [0.29, 0.717) is 6.42 Å². The average Bonchev–Trinajstić information content (AvgIpc) is 2.63. The van der Waals surface area contributed by atoms with Crippen molar-refractivity contribution in [2.45, 2.75) is 65.3 Å². The summed E-state index contributed by atoms with van der Waals surface area (Å²) >= 11 is 0. The van der Waals surface area contributed by atoms with Gasteiger partial charge in [-0.15, -0.1) is 0 Å². The summed E-state index contributed by atoms with van der Waals surface area (Å²) in [5.41, 5.74) is 3.36. The molecule has 2 rings (SSSR count). The molecule has 0 aliphatic carbocycles. The Labute approximate surface area is 152 Å². The normalized spacial score (nSPS) is 12.0. The first kappa shape index (κ1) is 19.2. The summed E-state index contributed by atoms with van der Waals surface area (Å²) < 4.78 is 0. The fourth-order valence-electron chi connectivity index (χ4n) is 3.26. The van der Waals surface area contributed by atoms with Gasteiger partial charge in [0.15, 0.2) is 0 Å². The number of hydrogen-bond acceptors (Lipinski definition) is 1. The molecule has 25 heavy (non-hydrogen) atoms. The molecule has 0 bridgehead atoms. The number of carbonyl (C=O) groups excluding carboxylic acids is 1. The Morgan fingerprint density at radius 1 is 0.920 bits per heavy atom. The highest BCUT2D eigenvalue weighted by atomic mass is 16.2. The van der Waals surface area contributed by atoms with E-state index in [-0.39, 0.29) is 11.9 Å². The number of amides is 1. The maximum Gasteiger partial charge on any atom is 0.227 e. The van der Waals surface area contributed by atoms with Crippen LogP contribution in [0.15, 0.2) is 54.6 Å². The number of benzene rings is 2. The van der Waals surface area contributed by atoms with Gasteiger partial charge in [0.1, 0.15) is 0 Å². The van der Waals surface area contributed by atoms with E-state index in [1.807, 2.05) is 11.0 Å². The smallest absolute Gasteiger partial charge is 0.227 e. The molecule has 0 aliphatic rings. The fourth-order valence-corrected chi connectivity index (χ4v) is 3.26. The summed E-state index contributed by atoms with van der Waals surface area (Å²) in [4.78, 5) is 14.8. The lowest BCUT2D eigenvalue weighted by atomic mass is 10.0. The second-order valence-corrected chi connectivity index (χ2v) is 6.77. The first-order valence-corrected chi connectivity index (χ1v) is 9.64. The largest absolute Gasteiger partial charge is 0.310 e. The monoisotopic (exact) mass is 337 g/mol. The van der Waals surface area contributed by atoms with E-state index in [9.17, 15) is 4.79 Å². The molecule has 0 saturated carbocycles. The summed E-state index contributed by atoms with van der Waals surface area (Å²) in [6, 6.07) is 19.0. The van der Waals surface area contributed by atoms with E-state index in [1.165, 1.54) is 24.8 Å². The third-order valence-electron chi connectivity index (χ3n) is 4.63. The molecule has 0 N–H and O–H groups in total. The number of rotatable bonds is 9. The highest BCUT2D eigenvalue weighted by molar-refractivity contribution is 5.94. The minimum absolute atomic E-state index is 0.233. The predicted molar refractivity (Wildman–Crippen MR) is 108 cm³/mol. The van der Waals surface area contributed by atoms with Crippen LogP contribution in [0.1, 0.15) is 59.3 Å². The summed E-state index contributed by atoms with van der Waals surface area (Å²) in [6.07, 6.45) is 6.15. The van der Waals surface area contributed by atoms with Crippen LogP contribution in [0.4, 0.5) is 5.69 Å².